The summed E-state index contributed by atoms with van der Waals surface area (Å²) in [6, 6.07) is 17.7. The van der Waals surface area contributed by atoms with Gasteiger partial charge in [-0.2, -0.15) is 0 Å². The summed E-state index contributed by atoms with van der Waals surface area (Å²) < 4.78 is 24.6. The van der Waals surface area contributed by atoms with Crippen LogP contribution in [0.15, 0.2) is 70.5 Å². The van der Waals surface area contributed by atoms with Crippen LogP contribution in [0, 0.1) is 6.92 Å². The van der Waals surface area contributed by atoms with Crippen LogP contribution in [0.25, 0.3) is 10.8 Å². The van der Waals surface area contributed by atoms with Gasteiger partial charge in [-0.15, -0.1) is 0 Å². The molecule has 2 aromatic heterocycles. The van der Waals surface area contributed by atoms with E-state index >= 15 is 0 Å². The predicted molar refractivity (Wildman–Crippen MR) is 154 cm³/mol. The summed E-state index contributed by atoms with van der Waals surface area (Å²) >= 11 is 0. The SMILES string of the molecule is Cc1cccc(Nc2cc3cc[nH]c(=O)c3c(Nc3ccc(C4CCN(C5CC5)CC4)cc3)n2)c1S(N)(=O)=O. The second kappa shape index (κ2) is 10.1. The highest BCUT2D eigenvalue weighted by atomic mass is 32.2. The molecule has 6 rings (SSSR count). The third-order valence-electron chi connectivity index (χ3n) is 7.75. The molecule has 3 heterocycles. The smallest absolute Gasteiger partial charge is 0.259 e. The van der Waals surface area contributed by atoms with E-state index in [1.807, 2.05) is 12.1 Å². The average molecular weight is 545 g/mol. The third-order valence-corrected chi connectivity index (χ3v) is 8.86. The summed E-state index contributed by atoms with van der Waals surface area (Å²) in [6.45, 7) is 4.02. The van der Waals surface area contributed by atoms with Gasteiger partial charge in [0.25, 0.3) is 5.56 Å². The Kier molecular flexibility index (Phi) is 6.62. The number of hydrogen-bond acceptors (Lipinski definition) is 7. The van der Waals surface area contributed by atoms with Crippen LogP contribution in [-0.4, -0.2) is 42.4 Å². The second-order valence-corrected chi connectivity index (χ2v) is 12.0. The molecule has 39 heavy (non-hydrogen) atoms. The molecule has 10 heteroatoms. The van der Waals surface area contributed by atoms with Gasteiger partial charge < -0.3 is 20.5 Å². The molecule has 0 amide bonds. The fourth-order valence-corrected chi connectivity index (χ4v) is 6.59. The Hall–Kier alpha value is -3.73. The number of nitrogens with zero attached hydrogens (tertiary/aromatic N) is 2. The molecule has 1 aliphatic heterocycles. The topological polar surface area (TPSA) is 133 Å². The number of aryl methyl sites for hydroxylation is 1. The van der Waals surface area contributed by atoms with Gasteiger partial charge in [0.15, 0.2) is 0 Å². The van der Waals surface area contributed by atoms with Crippen LogP contribution in [0.4, 0.5) is 23.0 Å². The van der Waals surface area contributed by atoms with Gasteiger partial charge in [0.2, 0.25) is 10.0 Å². The van der Waals surface area contributed by atoms with Gasteiger partial charge in [-0.1, -0.05) is 24.3 Å². The molecule has 1 saturated carbocycles. The second-order valence-electron chi connectivity index (χ2n) is 10.5. The van der Waals surface area contributed by atoms with Crippen molar-refractivity contribution >= 4 is 43.8 Å². The van der Waals surface area contributed by atoms with Crippen LogP contribution in [-0.2, 0) is 10.0 Å². The Bertz CT molecular complexity index is 1690. The monoisotopic (exact) mass is 544 g/mol. The van der Waals surface area contributed by atoms with Crippen molar-refractivity contribution in [3.8, 4) is 0 Å². The number of sulfonamides is 1. The van der Waals surface area contributed by atoms with Gasteiger partial charge in [-0.25, -0.2) is 18.5 Å². The molecule has 1 saturated heterocycles. The highest BCUT2D eigenvalue weighted by Gasteiger charge is 2.32. The number of likely N-dealkylation sites (tertiary alicyclic amines) is 1. The normalized spacial score (nSPS) is 16.9. The van der Waals surface area contributed by atoms with Crippen LogP contribution in [0.5, 0.6) is 0 Å². The van der Waals surface area contributed by atoms with Crippen molar-refractivity contribution in [2.24, 2.45) is 5.14 Å². The fraction of sp³-hybridized carbons (Fsp3) is 0.310. The maximum Gasteiger partial charge on any atom is 0.259 e. The van der Waals surface area contributed by atoms with Crippen LogP contribution >= 0.6 is 0 Å². The summed E-state index contributed by atoms with van der Waals surface area (Å²) in [5, 5.41) is 13.0. The van der Waals surface area contributed by atoms with Gasteiger partial charge in [-0.3, -0.25) is 4.79 Å². The van der Waals surface area contributed by atoms with Crippen LogP contribution < -0.4 is 21.3 Å². The molecule has 0 unspecified atom stereocenters. The van der Waals surface area contributed by atoms with Crippen LogP contribution in [0.2, 0.25) is 0 Å². The molecule has 2 fully saturated rings. The summed E-state index contributed by atoms with van der Waals surface area (Å²) in [5.74, 6) is 1.31. The number of pyridine rings is 2. The van der Waals surface area contributed by atoms with Crippen molar-refractivity contribution in [3.05, 3.63) is 82.3 Å². The molecule has 202 valence electrons. The molecule has 9 nitrogen and oxygen atoms in total. The van der Waals surface area contributed by atoms with Crippen molar-refractivity contribution in [2.45, 2.75) is 49.5 Å². The number of benzene rings is 2. The first kappa shape index (κ1) is 25.5. The summed E-state index contributed by atoms with van der Waals surface area (Å²) in [5.41, 5.74) is 2.71. The van der Waals surface area contributed by atoms with Gasteiger partial charge in [0.05, 0.1) is 11.1 Å². The lowest BCUT2D eigenvalue weighted by Crippen LogP contribution is -2.34. The minimum Gasteiger partial charge on any atom is -0.339 e. The zero-order chi connectivity index (χ0) is 27.1. The van der Waals surface area contributed by atoms with E-state index < -0.39 is 10.0 Å². The largest absolute Gasteiger partial charge is 0.339 e. The number of aromatic amines is 1. The number of piperidine rings is 1. The summed E-state index contributed by atoms with van der Waals surface area (Å²) in [6.07, 6.45) is 6.64. The zero-order valence-electron chi connectivity index (χ0n) is 21.8. The van der Waals surface area contributed by atoms with E-state index in [0.29, 0.717) is 39.6 Å². The predicted octanol–water partition coefficient (Wildman–Crippen LogP) is 4.71. The number of fused-ring (bicyclic) bond motifs is 1. The minimum atomic E-state index is -3.97. The minimum absolute atomic E-state index is 0.00543. The van der Waals surface area contributed by atoms with Crippen molar-refractivity contribution < 1.29 is 8.42 Å². The Labute approximate surface area is 227 Å². The van der Waals surface area contributed by atoms with Gasteiger partial charge >= 0.3 is 0 Å². The molecule has 0 atom stereocenters. The van der Waals surface area contributed by atoms with Gasteiger partial charge in [0, 0.05) is 17.9 Å². The van der Waals surface area contributed by atoms with E-state index in [-0.39, 0.29) is 10.5 Å². The molecule has 2 aliphatic rings. The van der Waals surface area contributed by atoms with Crippen molar-refractivity contribution in [1.29, 1.82) is 0 Å². The fourth-order valence-electron chi connectivity index (χ4n) is 5.65. The van der Waals surface area contributed by atoms with E-state index in [9.17, 15) is 13.2 Å². The first-order chi connectivity index (χ1) is 18.8. The van der Waals surface area contributed by atoms with E-state index in [4.69, 9.17) is 5.14 Å². The van der Waals surface area contributed by atoms with Gasteiger partial charge in [-0.05, 0) is 98.5 Å². The lowest BCUT2D eigenvalue weighted by molar-refractivity contribution is 0.203. The van der Waals surface area contributed by atoms with Crippen molar-refractivity contribution in [3.63, 3.8) is 0 Å². The summed E-state index contributed by atoms with van der Waals surface area (Å²) in [4.78, 5) is 22.8. The first-order valence-corrected chi connectivity index (χ1v) is 14.8. The van der Waals surface area contributed by atoms with Crippen molar-refractivity contribution in [2.75, 3.05) is 23.7 Å². The molecule has 4 aromatic rings. The number of anilines is 4. The highest BCUT2D eigenvalue weighted by molar-refractivity contribution is 7.89. The molecule has 0 bridgehead atoms. The number of rotatable bonds is 7. The number of primary sulfonamides is 1. The summed E-state index contributed by atoms with van der Waals surface area (Å²) in [7, 11) is -3.97. The Morgan fingerprint density at radius 3 is 2.44 bits per heavy atom. The number of nitrogens with one attached hydrogen (secondary N) is 3. The standard InChI is InChI=1S/C29H32N6O3S/c1-18-3-2-4-24(27(18)39(30,37)38)33-25-17-21-11-14-31-29(36)26(21)28(34-25)32-22-7-5-19(6-8-22)20-12-15-35(16-13-20)23-9-10-23/h2-8,11,14,17,20,23H,9-10,12-13,15-16H2,1H3,(H,31,36)(H2,30,37,38)(H2,32,33,34). The zero-order valence-corrected chi connectivity index (χ0v) is 22.6. The lowest BCUT2D eigenvalue weighted by Gasteiger charge is -2.32. The van der Waals surface area contributed by atoms with Crippen molar-refractivity contribution in [1.82, 2.24) is 14.9 Å². The Balaban J connectivity index is 1.29. The Morgan fingerprint density at radius 2 is 1.74 bits per heavy atom. The highest BCUT2D eigenvalue weighted by Crippen LogP contribution is 2.35. The van der Waals surface area contributed by atoms with Gasteiger partial charge in [0.1, 0.15) is 16.5 Å². The number of aromatic nitrogens is 2. The number of hydrogen-bond donors (Lipinski definition) is 4. The molecule has 1 aliphatic carbocycles. The molecule has 5 N–H and O–H groups in total. The maximum atomic E-state index is 12.8. The number of nitrogens with two attached hydrogens (primary N) is 1. The molecule has 2 aromatic carbocycles. The molecule has 0 spiro atoms. The Morgan fingerprint density at radius 1 is 1.00 bits per heavy atom. The third kappa shape index (κ3) is 5.40. The first-order valence-electron chi connectivity index (χ1n) is 13.3. The number of H-pyrrole nitrogens is 1. The van der Waals surface area contributed by atoms with E-state index in [1.165, 1.54) is 44.3 Å². The van der Waals surface area contributed by atoms with Crippen LogP contribution in [0.1, 0.15) is 42.7 Å². The van der Waals surface area contributed by atoms with Crippen LogP contribution in [0.3, 0.4) is 0 Å². The van der Waals surface area contributed by atoms with E-state index in [1.54, 1.807) is 43.5 Å². The average Bonchev–Trinajstić information content (AvgIpc) is 3.74. The van der Waals surface area contributed by atoms with E-state index in [2.05, 4.69) is 37.6 Å². The molecule has 0 radical (unpaired) electrons. The lowest BCUT2D eigenvalue weighted by atomic mass is 9.89. The maximum absolute atomic E-state index is 12.8. The quantitative estimate of drug-likeness (QED) is 0.265. The van der Waals surface area contributed by atoms with E-state index in [0.717, 1.165) is 11.7 Å². The molecular formula is C29H32N6O3S. The molecular weight excluding hydrogens is 512 g/mol.